The third-order valence-electron chi connectivity index (χ3n) is 4.81. The average molecular weight is 416 g/mol. The monoisotopic (exact) mass is 415 g/mol. The number of aryl methyl sites for hydroxylation is 1. The summed E-state index contributed by atoms with van der Waals surface area (Å²) >= 11 is 1.58. The predicted octanol–water partition coefficient (Wildman–Crippen LogP) is 3.41. The summed E-state index contributed by atoms with van der Waals surface area (Å²) in [5, 5.41) is 18.9. The van der Waals surface area contributed by atoms with E-state index in [1.165, 1.54) is 5.56 Å². The molecule has 0 spiro atoms. The quantitative estimate of drug-likeness (QED) is 0.499. The highest BCUT2D eigenvalue weighted by Gasteiger charge is 2.20. The molecule has 150 valence electrons. The van der Waals surface area contributed by atoms with Crippen LogP contribution in [0, 0.1) is 25.7 Å². The fourth-order valence-electron chi connectivity index (χ4n) is 3.24. The summed E-state index contributed by atoms with van der Waals surface area (Å²) in [6, 6.07) is 13.9. The molecule has 3 N–H and O–H groups in total. The molecule has 0 saturated heterocycles. The number of aromatic nitrogens is 4. The van der Waals surface area contributed by atoms with Gasteiger partial charge in [-0.3, -0.25) is 4.57 Å². The molecule has 0 fully saturated rings. The van der Waals surface area contributed by atoms with Gasteiger partial charge in [0.05, 0.1) is 4.88 Å². The number of rotatable bonds is 4. The van der Waals surface area contributed by atoms with Crippen LogP contribution in [0.5, 0.6) is 0 Å². The molecule has 30 heavy (non-hydrogen) atoms. The molecule has 0 atom stereocenters. The van der Waals surface area contributed by atoms with Crippen LogP contribution in [0.15, 0.2) is 48.7 Å². The molecule has 0 aliphatic carbocycles. The van der Waals surface area contributed by atoms with E-state index in [1.807, 2.05) is 35.8 Å². The van der Waals surface area contributed by atoms with E-state index < -0.39 is 0 Å². The van der Waals surface area contributed by atoms with Crippen LogP contribution in [0.2, 0.25) is 0 Å². The minimum atomic E-state index is -0.176. The highest BCUT2D eigenvalue weighted by atomic mass is 32.1. The number of nitrogens with zero attached hydrogens (tertiary/aromatic N) is 4. The Labute approximate surface area is 179 Å². The number of thiophene rings is 1. The minimum absolute atomic E-state index is 0.176. The van der Waals surface area contributed by atoms with Crippen molar-refractivity contribution in [2.75, 3.05) is 5.73 Å². The Bertz CT molecular complexity index is 1230. The highest BCUT2D eigenvalue weighted by Crippen LogP contribution is 2.34. The summed E-state index contributed by atoms with van der Waals surface area (Å²) < 4.78 is 1.91. The van der Waals surface area contributed by atoms with E-state index in [9.17, 15) is 5.11 Å². The van der Waals surface area contributed by atoms with Crippen molar-refractivity contribution >= 4 is 17.2 Å². The van der Waals surface area contributed by atoms with Crippen LogP contribution < -0.4 is 5.73 Å². The lowest BCUT2D eigenvalue weighted by atomic mass is 10.0. The topological polar surface area (TPSA) is 89.8 Å². The molecule has 6 nitrogen and oxygen atoms in total. The van der Waals surface area contributed by atoms with Gasteiger partial charge in [-0.2, -0.15) is 0 Å². The van der Waals surface area contributed by atoms with Crippen LogP contribution in [-0.2, 0) is 13.0 Å². The Hall–Kier alpha value is -3.47. The Balaban J connectivity index is 1.83. The molecule has 1 aromatic carbocycles. The summed E-state index contributed by atoms with van der Waals surface area (Å²) in [5.74, 6) is 8.24. The van der Waals surface area contributed by atoms with E-state index in [4.69, 9.17) is 5.73 Å². The van der Waals surface area contributed by atoms with Gasteiger partial charge in [0.2, 0.25) is 0 Å². The van der Waals surface area contributed by atoms with Gasteiger partial charge in [-0.25, -0.2) is 4.98 Å². The van der Waals surface area contributed by atoms with Gasteiger partial charge in [-0.15, -0.1) is 21.5 Å². The van der Waals surface area contributed by atoms with Crippen molar-refractivity contribution in [1.29, 1.82) is 0 Å². The maximum Gasteiger partial charge on any atom is 0.164 e. The maximum absolute atomic E-state index is 9.71. The summed E-state index contributed by atoms with van der Waals surface area (Å²) in [4.78, 5) is 5.08. The van der Waals surface area contributed by atoms with Crippen LogP contribution in [0.4, 0.5) is 5.82 Å². The molecule has 4 rings (SSSR count). The zero-order chi connectivity index (χ0) is 21.1. The van der Waals surface area contributed by atoms with Crippen LogP contribution in [0.3, 0.4) is 0 Å². The third-order valence-corrected chi connectivity index (χ3v) is 6.05. The lowest BCUT2D eigenvalue weighted by molar-refractivity contribution is 0.269. The first-order valence-electron chi connectivity index (χ1n) is 9.48. The van der Waals surface area contributed by atoms with Gasteiger partial charge in [-0.05, 0) is 49.1 Å². The van der Waals surface area contributed by atoms with Crippen molar-refractivity contribution in [3.8, 4) is 16.8 Å². The molecule has 0 radical (unpaired) electrons. The van der Waals surface area contributed by atoms with E-state index in [1.54, 1.807) is 23.6 Å². The van der Waals surface area contributed by atoms with Crippen molar-refractivity contribution in [3.05, 3.63) is 87.4 Å². The van der Waals surface area contributed by atoms with Gasteiger partial charge < -0.3 is 10.8 Å². The van der Waals surface area contributed by atoms with E-state index in [0.717, 1.165) is 38.8 Å². The second-order valence-corrected chi connectivity index (χ2v) is 7.88. The molecular formula is C23H21N5OS. The van der Waals surface area contributed by atoms with Crippen LogP contribution in [-0.4, -0.2) is 24.9 Å². The van der Waals surface area contributed by atoms with Crippen LogP contribution in [0.25, 0.3) is 5.00 Å². The third kappa shape index (κ3) is 3.96. The van der Waals surface area contributed by atoms with Gasteiger partial charge >= 0.3 is 0 Å². The number of nitrogens with two attached hydrogens (primary N) is 1. The lowest BCUT2D eigenvalue weighted by Crippen LogP contribution is -2.03. The Morgan fingerprint density at radius 3 is 2.57 bits per heavy atom. The van der Waals surface area contributed by atoms with Gasteiger partial charge in [0.1, 0.15) is 23.3 Å². The molecular weight excluding hydrogens is 394 g/mol. The molecule has 3 heterocycles. The fraction of sp³-hybridized carbons (Fsp3) is 0.174. The zero-order valence-electron chi connectivity index (χ0n) is 16.8. The molecule has 3 aromatic heterocycles. The Morgan fingerprint density at radius 1 is 1.07 bits per heavy atom. The van der Waals surface area contributed by atoms with Crippen molar-refractivity contribution in [3.63, 3.8) is 0 Å². The second kappa shape index (κ2) is 8.49. The summed E-state index contributed by atoms with van der Waals surface area (Å²) in [5.41, 5.74) is 9.96. The first kappa shape index (κ1) is 19.8. The molecule has 0 unspecified atom stereocenters. The van der Waals surface area contributed by atoms with Crippen LogP contribution in [0.1, 0.15) is 38.8 Å². The Morgan fingerprint density at radius 2 is 1.87 bits per heavy atom. The molecule has 0 aliphatic rings. The normalized spacial score (nSPS) is 10.6. The largest absolute Gasteiger partial charge is 0.388 e. The predicted molar refractivity (Wildman–Crippen MR) is 119 cm³/mol. The number of benzene rings is 1. The molecule has 4 aromatic rings. The molecule has 0 bridgehead atoms. The first-order valence-corrected chi connectivity index (χ1v) is 10.3. The van der Waals surface area contributed by atoms with Crippen LogP contribution >= 0.6 is 11.3 Å². The number of aliphatic hydroxyl groups excluding tert-OH is 1. The zero-order valence-corrected chi connectivity index (χ0v) is 17.6. The van der Waals surface area contributed by atoms with E-state index >= 15 is 0 Å². The molecule has 0 saturated carbocycles. The summed E-state index contributed by atoms with van der Waals surface area (Å²) in [7, 11) is 0. The smallest absolute Gasteiger partial charge is 0.164 e. The first-order chi connectivity index (χ1) is 14.6. The van der Waals surface area contributed by atoms with Crippen molar-refractivity contribution in [1.82, 2.24) is 19.7 Å². The molecule has 7 heteroatoms. The van der Waals surface area contributed by atoms with Gasteiger partial charge in [0.15, 0.2) is 5.82 Å². The van der Waals surface area contributed by atoms with E-state index in [0.29, 0.717) is 11.6 Å². The lowest BCUT2D eigenvalue weighted by Gasteiger charge is -2.07. The highest BCUT2D eigenvalue weighted by molar-refractivity contribution is 7.15. The maximum atomic E-state index is 9.71. The molecule has 0 aliphatic heterocycles. The van der Waals surface area contributed by atoms with Crippen molar-refractivity contribution < 1.29 is 5.11 Å². The summed E-state index contributed by atoms with van der Waals surface area (Å²) in [6.07, 6.45) is 2.44. The number of aliphatic hydroxyl groups is 1. The van der Waals surface area contributed by atoms with Gasteiger partial charge in [0, 0.05) is 11.8 Å². The standard InChI is InChI=1S/C23H21N5OS/c1-15-19(12-17-6-4-3-5-7-17)20(10-8-18-9-11-21(24)25-13-18)30-23(15)28-16(2)26-27-22(28)14-29/h3-7,9,11,13,29H,12,14H2,1-2H3,(H2,24,25). The summed E-state index contributed by atoms with van der Waals surface area (Å²) in [6.45, 7) is 3.79. The van der Waals surface area contributed by atoms with Crippen molar-refractivity contribution in [2.45, 2.75) is 26.9 Å². The van der Waals surface area contributed by atoms with Gasteiger partial charge in [0.25, 0.3) is 0 Å². The van der Waals surface area contributed by atoms with Gasteiger partial charge in [-0.1, -0.05) is 42.2 Å². The van der Waals surface area contributed by atoms with Crippen molar-refractivity contribution in [2.24, 2.45) is 0 Å². The number of hydrogen-bond donors (Lipinski definition) is 2. The van der Waals surface area contributed by atoms with E-state index in [2.05, 4.69) is 46.1 Å². The number of nitrogen functional groups attached to an aromatic ring is 1. The number of pyridine rings is 1. The fourth-order valence-corrected chi connectivity index (χ4v) is 4.49. The second-order valence-electron chi connectivity index (χ2n) is 6.88. The number of anilines is 1. The molecule has 0 amide bonds. The minimum Gasteiger partial charge on any atom is -0.388 e. The van der Waals surface area contributed by atoms with E-state index in [-0.39, 0.29) is 6.61 Å². The number of hydrogen-bond acceptors (Lipinski definition) is 6. The Kier molecular flexibility index (Phi) is 5.61. The average Bonchev–Trinajstić information content (AvgIpc) is 3.28. The SMILES string of the molecule is Cc1c(-n2c(C)nnc2CO)sc(C#Cc2ccc(N)nc2)c1Cc1ccccc1.